The summed E-state index contributed by atoms with van der Waals surface area (Å²) in [5.74, 6) is 0.558. The zero-order valence-electron chi connectivity index (χ0n) is 8.01. The second-order valence-corrected chi connectivity index (χ2v) is 6.52. The normalized spacial score (nSPS) is 23.3. The largest absolute Gasteiger partial charge is 0.381 e. The van der Waals surface area contributed by atoms with Crippen molar-refractivity contribution < 1.29 is 4.74 Å². The summed E-state index contributed by atoms with van der Waals surface area (Å²) in [6.45, 7) is 1.67. The summed E-state index contributed by atoms with van der Waals surface area (Å²) in [4.78, 5) is 0. The van der Waals surface area contributed by atoms with Crippen molar-refractivity contribution in [2.45, 2.75) is 18.2 Å². The molecule has 0 bridgehead atoms. The molecule has 1 aliphatic rings. The Kier molecular flexibility index (Phi) is 4.19. The number of rotatable bonds is 3. The van der Waals surface area contributed by atoms with E-state index in [2.05, 4.69) is 0 Å². The van der Waals surface area contributed by atoms with E-state index in [1.165, 1.54) is 11.3 Å². The highest BCUT2D eigenvalue weighted by molar-refractivity contribution is 7.20. The fourth-order valence-corrected chi connectivity index (χ4v) is 3.88. The molecule has 2 unspecified atom stereocenters. The first-order chi connectivity index (χ1) is 7.16. The molecular weight excluding hydrogens is 275 g/mol. The molecule has 84 valence electrons. The Morgan fingerprint density at radius 2 is 2.33 bits per heavy atom. The number of thiophene rings is 1. The van der Waals surface area contributed by atoms with Crippen LogP contribution >= 0.6 is 46.1 Å². The quantitative estimate of drug-likeness (QED) is 0.728. The minimum absolute atomic E-state index is 0.0482. The molecular formula is C10H11Cl3OS. The minimum Gasteiger partial charge on any atom is -0.381 e. The highest BCUT2D eigenvalue weighted by Gasteiger charge is 2.22. The average molecular weight is 286 g/mol. The van der Waals surface area contributed by atoms with Crippen LogP contribution in [0.25, 0.3) is 0 Å². The van der Waals surface area contributed by atoms with E-state index in [4.69, 9.17) is 39.5 Å². The molecule has 0 spiro atoms. The molecule has 1 aromatic rings. The van der Waals surface area contributed by atoms with Gasteiger partial charge in [-0.15, -0.1) is 22.9 Å². The van der Waals surface area contributed by atoms with Gasteiger partial charge in [-0.3, -0.25) is 0 Å². The summed E-state index contributed by atoms with van der Waals surface area (Å²) in [5.41, 5.74) is 0.959. The summed E-state index contributed by atoms with van der Waals surface area (Å²) in [7, 11) is 0. The van der Waals surface area contributed by atoms with Crippen molar-refractivity contribution in [3.05, 3.63) is 20.3 Å². The molecule has 0 radical (unpaired) electrons. The Balaban J connectivity index is 2.00. The lowest BCUT2D eigenvalue weighted by Gasteiger charge is -2.12. The smallest absolute Gasteiger partial charge is 0.0991 e. The first-order valence-electron chi connectivity index (χ1n) is 4.83. The molecule has 2 atom stereocenters. The number of hydrogen-bond acceptors (Lipinski definition) is 2. The topological polar surface area (TPSA) is 9.23 Å². The summed E-state index contributed by atoms with van der Waals surface area (Å²) >= 11 is 19.6. The Hall–Kier alpha value is 0.530. The zero-order chi connectivity index (χ0) is 10.8. The third-order valence-electron chi connectivity index (χ3n) is 2.58. The monoisotopic (exact) mass is 284 g/mol. The lowest BCUT2D eigenvalue weighted by molar-refractivity contribution is 0.184. The van der Waals surface area contributed by atoms with Crippen LogP contribution in [-0.2, 0) is 4.74 Å². The van der Waals surface area contributed by atoms with Gasteiger partial charge < -0.3 is 4.74 Å². The maximum atomic E-state index is 6.31. The molecule has 0 N–H and O–H groups in total. The van der Waals surface area contributed by atoms with Crippen LogP contribution in [0.1, 0.15) is 23.8 Å². The van der Waals surface area contributed by atoms with E-state index in [1.807, 2.05) is 6.07 Å². The predicted molar refractivity (Wildman–Crippen MR) is 66.5 cm³/mol. The Labute approximate surface area is 108 Å². The van der Waals surface area contributed by atoms with Crippen LogP contribution in [0.5, 0.6) is 0 Å². The first kappa shape index (κ1) is 12.0. The van der Waals surface area contributed by atoms with Gasteiger partial charge in [0.2, 0.25) is 0 Å². The number of alkyl halides is 1. The molecule has 1 aromatic heterocycles. The molecule has 2 heterocycles. The minimum atomic E-state index is -0.0482. The lowest BCUT2D eigenvalue weighted by Crippen LogP contribution is -2.03. The van der Waals surface area contributed by atoms with Crippen LogP contribution in [0.2, 0.25) is 8.67 Å². The van der Waals surface area contributed by atoms with Gasteiger partial charge in [0.1, 0.15) is 0 Å². The fraction of sp³-hybridized carbons (Fsp3) is 0.600. The van der Waals surface area contributed by atoms with Crippen molar-refractivity contribution in [3.63, 3.8) is 0 Å². The maximum Gasteiger partial charge on any atom is 0.0991 e. The SMILES string of the molecule is Clc1cc(C(Cl)CC2CCOC2)c(Cl)s1. The van der Waals surface area contributed by atoms with Gasteiger partial charge in [-0.25, -0.2) is 0 Å². The van der Waals surface area contributed by atoms with Crippen molar-refractivity contribution >= 4 is 46.1 Å². The van der Waals surface area contributed by atoms with E-state index < -0.39 is 0 Å². The van der Waals surface area contributed by atoms with Gasteiger partial charge in [0.15, 0.2) is 0 Å². The Bertz CT molecular complexity index is 333. The molecule has 0 aromatic carbocycles. The fourth-order valence-electron chi connectivity index (χ4n) is 1.76. The van der Waals surface area contributed by atoms with Crippen LogP contribution in [0.15, 0.2) is 6.07 Å². The number of hydrogen-bond donors (Lipinski definition) is 0. The van der Waals surface area contributed by atoms with E-state index in [1.54, 1.807) is 0 Å². The summed E-state index contributed by atoms with van der Waals surface area (Å²) in [5, 5.41) is -0.0482. The highest BCUT2D eigenvalue weighted by atomic mass is 35.5. The van der Waals surface area contributed by atoms with Gasteiger partial charge in [0, 0.05) is 18.8 Å². The van der Waals surface area contributed by atoms with Crippen molar-refractivity contribution in [2.24, 2.45) is 5.92 Å². The van der Waals surface area contributed by atoms with E-state index in [-0.39, 0.29) is 5.38 Å². The third kappa shape index (κ3) is 3.01. The molecule has 15 heavy (non-hydrogen) atoms. The molecule has 1 nitrogen and oxygen atoms in total. The molecule has 0 aliphatic carbocycles. The number of halogens is 3. The predicted octanol–water partition coefficient (Wildman–Crippen LogP) is 4.76. The zero-order valence-corrected chi connectivity index (χ0v) is 11.1. The van der Waals surface area contributed by atoms with E-state index >= 15 is 0 Å². The molecule has 1 saturated heterocycles. The average Bonchev–Trinajstić information content (AvgIpc) is 2.75. The summed E-state index contributed by atoms with van der Waals surface area (Å²) in [6.07, 6.45) is 2.01. The molecule has 0 saturated carbocycles. The maximum absolute atomic E-state index is 6.31. The van der Waals surface area contributed by atoms with Gasteiger partial charge in [-0.1, -0.05) is 23.2 Å². The third-order valence-corrected chi connectivity index (χ3v) is 4.52. The summed E-state index contributed by atoms with van der Waals surface area (Å²) < 4.78 is 6.72. The lowest BCUT2D eigenvalue weighted by atomic mass is 10.00. The Morgan fingerprint density at radius 1 is 1.53 bits per heavy atom. The molecule has 1 fully saturated rings. The molecule has 0 amide bonds. The van der Waals surface area contributed by atoms with E-state index in [9.17, 15) is 0 Å². The van der Waals surface area contributed by atoms with Gasteiger partial charge in [0.25, 0.3) is 0 Å². The second-order valence-electron chi connectivity index (χ2n) is 3.71. The second kappa shape index (κ2) is 5.24. The van der Waals surface area contributed by atoms with Crippen molar-refractivity contribution in [2.75, 3.05) is 13.2 Å². The van der Waals surface area contributed by atoms with Crippen LogP contribution in [0.3, 0.4) is 0 Å². The van der Waals surface area contributed by atoms with Crippen molar-refractivity contribution in [3.8, 4) is 0 Å². The first-order valence-corrected chi connectivity index (χ1v) is 6.84. The molecule has 1 aliphatic heterocycles. The van der Waals surface area contributed by atoms with Gasteiger partial charge in [-0.05, 0) is 24.8 Å². The van der Waals surface area contributed by atoms with Crippen LogP contribution < -0.4 is 0 Å². The molecule has 2 rings (SSSR count). The van der Waals surface area contributed by atoms with E-state index in [0.717, 1.165) is 31.6 Å². The van der Waals surface area contributed by atoms with Crippen molar-refractivity contribution in [1.82, 2.24) is 0 Å². The van der Waals surface area contributed by atoms with Crippen LogP contribution in [0.4, 0.5) is 0 Å². The standard InChI is InChI=1S/C10H11Cl3OS/c11-8(3-6-1-2-14-5-6)7-4-9(12)15-10(7)13/h4,6,8H,1-3,5H2. The van der Waals surface area contributed by atoms with E-state index in [0.29, 0.717) is 14.6 Å². The van der Waals surface area contributed by atoms with Gasteiger partial charge in [-0.2, -0.15) is 0 Å². The highest BCUT2D eigenvalue weighted by Crippen LogP contribution is 2.40. The van der Waals surface area contributed by atoms with Gasteiger partial charge >= 0.3 is 0 Å². The van der Waals surface area contributed by atoms with Gasteiger partial charge in [0.05, 0.1) is 14.0 Å². The Morgan fingerprint density at radius 3 is 2.87 bits per heavy atom. The number of ether oxygens (including phenoxy) is 1. The van der Waals surface area contributed by atoms with Crippen LogP contribution in [-0.4, -0.2) is 13.2 Å². The molecule has 5 heteroatoms. The van der Waals surface area contributed by atoms with Crippen LogP contribution in [0, 0.1) is 5.92 Å². The summed E-state index contributed by atoms with van der Waals surface area (Å²) in [6, 6.07) is 1.86. The van der Waals surface area contributed by atoms with Crippen molar-refractivity contribution in [1.29, 1.82) is 0 Å².